The minimum atomic E-state index is -3.45. The molecule has 0 fully saturated rings. The van der Waals surface area contributed by atoms with E-state index in [-0.39, 0.29) is 12.3 Å². The third-order valence-corrected chi connectivity index (χ3v) is 1.92. The number of aromatic nitrogens is 1. The monoisotopic (exact) mass is 212 g/mol. The van der Waals surface area contributed by atoms with E-state index in [0.29, 0.717) is 5.56 Å². The molecule has 0 saturated heterocycles. The van der Waals surface area contributed by atoms with Crippen LogP contribution in [0.2, 0.25) is 0 Å². The molecule has 0 aliphatic rings. The van der Waals surface area contributed by atoms with Gasteiger partial charge in [-0.2, -0.15) is 13.7 Å². The van der Waals surface area contributed by atoms with Crippen LogP contribution in [0.1, 0.15) is 11.3 Å². The summed E-state index contributed by atoms with van der Waals surface area (Å²) in [5, 5.41) is 8.52. The van der Waals surface area contributed by atoms with Crippen LogP contribution in [-0.2, 0) is 20.9 Å². The lowest BCUT2D eigenvalue weighted by Gasteiger charge is -2.00. The quantitative estimate of drug-likeness (QED) is 0.679. The zero-order valence-electron chi connectivity index (χ0n) is 7.47. The number of nitriles is 1. The predicted molar refractivity (Wildman–Crippen MR) is 48.6 cm³/mol. The minimum absolute atomic E-state index is 0.0734. The fourth-order valence-corrected chi connectivity index (χ4v) is 1.15. The number of hydrogen-bond donors (Lipinski definition) is 0. The highest BCUT2D eigenvalue weighted by Gasteiger charge is 2.03. The van der Waals surface area contributed by atoms with Crippen LogP contribution in [0.3, 0.4) is 0 Å². The molecule has 1 heterocycles. The molecule has 0 atom stereocenters. The molecule has 6 heteroatoms. The van der Waals surface area contributed by atoms with Gasteiger partial charge in [0.05, 0.1) is 12.9 Å². The third kappa shape index (κ3) is 3.51. The van der Waals surface area contributed by atoms with Crippen molar-refractivity contribution in [1.82, 2.24) is 4.98 Å². The number of hydrogen-bond acceptors (Lipinski definition) is 5. The molecule has 0 aliphatic heterocycles. The summed E-state index contributed by atoms with van der Waals surface area (Å²) in [4.78, 5) is 3.74. The van der Waals surface area contributed by atoms with Crippen LogP contribution >= 0.6 is 0 Å². The molecular formula is C8H8N2O3S. The predicted octanol–water partition coefficient (Wildman–Crippen LogP) is 0.429. The zero-order valence-corrected chi connectivity index (χ0v) is 8.28. The van der Waals surface area contributed by atoms with Gasteiger partial charge in [-0.25, -0.2) is 4.98 Å². The van der Waals surface area contributed by atoms with Crippen molar-refractivity contribution < 1.29 is 12.6 Å². The molecule has 0 N–H and O–H groups in total. The molecule has 74 valence electrons. The molecule has 0 aromatic carbocycles. The lowest BCUT2D eigenvalue weighted by molar-refractivity contribution is 0.311. The molecule has 0 unspecified atom stereocenters. The van der Waals surface area contributed by atoms with E-state index in [2.05, 4.69) is 9.17 Å². The van der Waals surface area contributed by atoms with E-state index in [1.54, 1.807) is 6.07 Å². The maximum absolute atomic E-state index is 10.7. The summed E-state index contributed by atoms with van der Waals surface area (Å²) < 4.78 is 25.9. The summed E-state index contributed by atoms with van der Waals surface area (Å²) >= 11 is 0. The maximum atomic E-state index is 10.7. The molecule has 5 nitrogen and oxygen atoms in total. The maximum Gasteiger partial charge on any atom is 0.264 e. The molecule has 0 radical (unpaired) electrons. The van der Waals surface area contributed by atoms with Crippen molar-refractivity contribution in [3.05, 3.63) is 29.6 Å². The fourth-order valence-electron chi connectivity index (χ4n) is 0.800. The van der Waals surface area contributed by atoms with Gasteiger partial charge in [-0.15, -0.1) is 0 Å². The molecule has 0 saturated carbocycles. The Morgan fingerprint density at radius 3 is 2.93 bits per heavy atom. The topological polar surface area (TPSA) is 80.1 Å². The van der Waals surface area contributed by atoms with Crippen molar-refractivity contribution in [1.29, 1.82) is 5.26 Å². The molecule has 1 aromatic rings. The average molecular weight is 212 g/mol. The van der Waals surface area contributed by atoms with E-state index in [1.807, 2.05) is 6.07 Å². The van der Waals surface area contributed by atoms with Gasteiger partial charge in [0.15, 0.2) is 0 Å². The SMILES string of the molecule is CS(=O)(=O)OCc1ccnc(C#N)c1. The Balaban J connectivity index is 2.74. The normalized spacial score (nSPS) is 10.9. The second-order valence-electron chi connectivity index (χ2n) is 2.63. The third-order valence-electron chi connectivity index (χ3n) is 1.38. The molecule has 0 spiro atoms. The van der Waals surface area contributed by atoms with Crippen molar-refractivity contribution in [3.63, 3.8) is 0 Å². The molecule has 0 aliphatic carbocycles. The Morgan fingerprint density at radius 1 is 1.64 bits per heavy atom. The molecule has 0 amide bonds. The highest BCUT2D eigenvalue weighted by molar-refractivity contribution is 7.85. The summed E-state index contributed by atoms with van der Waals surface area (Å²) in [6.07, 6.45) is 2.40. The van der Waals surface area contributed by atoms with Crippen LogP contribution in [0.15, 0.2) is 18.3 Å². The van der Waals surface area contributed by atoms with Crippen molar-refractivity contribution in [2.45, 2.75) is 6.61 Å². The van der Waals surface area contributed by atoms with Gasteiger partial charge >= 0.3 is 0 Å². The summed E-state index contributed by atoms with van der Waals surface area (Å²) in [7, 11) is -3.45. The summed E-state index contributed by atoms with van der Waals surface area (Å²) in [5.74, 6) is 0. The first kappa shape index (κ1) is 10.6. The van der Waals surface area contributed by atoms with Crippen molar-refractivity contribution in [2.75, 3.05) is 6.26 Å². The number of rotatable bonds is 3. The van der Waals surface area contributed by atoms with Crippen LogP contribution in [0.25, 0.3) is 0 Å². The van der Waals surface area contributed by atoms with Gasteiger partial charge < -0.3 is 0 Å². The van der Waals surface area contributed by atoms with Gasteiger partial charge in [0.2, 0.25) is 0 Å². The Bertz CT molecular complexity index is 462. The van der Waals surface area contributed by atoms with E-state index in [9.17, 15) is 8.42 Å². The van der Waals surface area contributed by atoms with E-state index >= 15 is 0 Å². The second kappa shape index (κ2) is 4.17. The Hall–Kier alpha value is -1.45. The zero-order chi connectivity index (χ0) is 10.6. The first-order valence-corrected chi connectivity index (χ1v) is 5.52. The van der Waals surface area contributed by atoms with Gasteiger partial charge in [-0.1, -0.05) is 0 Å². The van der Waals surface area contributed by atoms with Crippen LogP contribution in [0.5, 0.6) is 0 Å². The van der Waals surface area contributed by atoms with Crippen LogP contribution in [0.4, 0.5) is 0 Å². The first-order chi connectivity index (χ1) is 6.51. The average Bonchev–Trinajstić information content (AvgIpc) is 2.14. The molecule has 1 aromatic heterocycles. The van der Waals surface area contributed by atoms with Gasteiger partial charge in [0, 0.05) is 6.20 Å². The van der Waals surface area contributed by atoms with Gasteiger partial charge in [-0.05, 0) is 17.7 Å². The molecule has 14 heavy (non-hydrogen) atoms. The molecular weight excluding hydrogens is 204 g/mol. The minimum Gasteiger partial charge on any atom is -0.265 e. The van der Waals surface area contributed by atoms with Crippen molar-refractivity contribution in [2.24, 2.45) is 0 Å². The Morgan fingerprint density at radius 2 is 2.36 bits per heavy atom. The number of nitrogens with zero attached hydrogens (tertiary/aromatic N) is 2. The fraction of sp³-hybridized carbons (Fsp3) is 0.250. The van der Waals surface area contributed by atoms with E-state index < -0.39 is 10.1 Å². The largest absolute Gasteiger partial charge is 0.265 e. The summed E-state index contributed by atoms with van der Waals surface area (Å²) in [5.41, 5.74) is 0.835. The molecule has 1 rings (SSSR count). The second-order valence-corrected chi connectivity index (χ2v) is 4.27. The van der Waals surface area contributed by atoms with Gasteiger partial charge in [0.25, 0.3) is 10.1 Å². The van der Waals surface area contributed by atoms with Gasteiger partial charge in [0.1, 0.15) is 11.8 Å². The summed E-state index contributed by atoms with van der Waals surface area (Å²) in [6.45, 7) is -0.0734. The van der Waals surface area contributed by atoms with Crippen LogP contribution < -0.4 is 0 Å². The van der Waals surface area contributed by atoms with Crippen molar-refractivity contribution in [3.8, 4) is 6.07 Å². The Labute approximate surface area is 82.1 Å². The highest BCUT2D eigenvalue weighted by Crippen LogP contribution is 2.04. The van der Waals surface area contributed by atoms with Gasteiger partial charge in [-0.3, -0.25) is 4.18 Å². The molecule has 0 bridgehead atoms. The standard InChI is InChI=1S/C8H8N2O3S/c1-14(11,12)13-6-7-2-3-10-8(4-7)5-9/h2-4H,6H2,1H3. The van der Waals surface area contributed by atoms with Crippen LogP contribution in [0, 0.1) is 11.3 Å². The van der Waals surface area contributed by atoms with E-state index in [1.165, 1.54) is 12.3 Å². The smallest absolute Gasteiger partial charge is 0.264 e. The lowest BCUT2D eigenvalue weighted by Crippen LogP contribution is -2.02. The Kier molecular flexibility index (Phi) is 3.17. The highest BCUT2D eigenvalue weighted by atomic mass is 32.2. The lowest BCUT2D eigenvalue weighted by atomic mass is 10.2. The summed E-state index contributed by atoms with van der Waals surface area (Å²) in [6, 6.07) is 4.92. The van der Waals surface area contributed by atoms with Crippen LogP contribution in [-0.4, -0.2) is 19.7 Å². The number of pyridine rings is 1. The van der Waals surface area contributed by atoms with E-state index in [4.69, 9.17) is 5.26 Å². The van der Waals surface area contributed by atoms with E-state index in [0.717, 1.165) is 6.26 Å². The van der Waals surface area contributed by atoms with Crippen molar-refractivity contribution >= 4 is 10.1 Å². The first-order valence-electron chi connectivity index (χ1n) is 3.71.